The van der Waals surface area contributed by atoms with Crippen molar-refractivity contribution < 1.29 is 0 Å². The topological polar surface area (TPSA) is 42.7 Å². The van der Waals surface area contributed by atoms with E-state index < -0.39 is 0 Å². The second-order valence-electron chi connectivity index (χ2n) is 3.61. The van der Waals surface area contributed by atoms with E-state index in [0.717, 1.165) is 17.2 Å². The molecule has 0 unspecified atom stereocenters. The molecule has 2 rings (SSSR count). The molecule has 0 saturated carbocycles. The lowest BCUT2D eigenvalue weighted by Crippen LogP contribution is -2.07. The molecule has 1 N–H and O–H groups in total. The molecule has 0 bridgehead atoms. The van der Waals surface area contributed by atoms with Gasteiger partial charge >= 0.3 is 0 Å². The first-order valence-electron chi connectivity index (χ1n) is 5.13. The number of anilines is 1. The Morgan fingerprint density at radius 3 is 2.65 bits per heavy atom. The van der Waals surface area contributed by atoms with Gasteiger partial charge in [0.25, 0.3) is 0 Å². The van der Waals surface area contributed by atoms with Gasteiger partial charge in [-0.2, -0.15) is 5.10 Å². The molecule has 0 spiro atoms. The molecule has 0 atom stereocenters. The van der Waals surface area contributed by atoms with Crippen LogP contribution in [-0.2, 0) is 6.54 Å². The van der Waals surface area contributed by atoms with E-state index >= 15 is 0 Å². The Morgan fingerprint density at radius 1 is 1.29 bits per heavy atom. The standard InChI is InChI=1S/C11H12Cl2N4/c1-7-9(13)5-15-17(7)6-10-8(12)3-4-11(14-2)16-10/h3-5H,6H2,1-2H3,(H,14,16). The molecule has 0 amide bonds. The molecule has 4 nitrogen and oxygen atoms in total. The Morgan fingerprint density at radius 2 is 2.06 bits per heavy atom. The largest absolute Gasteiger partial charge is 0.373 e. The molecule has 6 heteroatoms. The van der Waals surface area contributed by atoms with Crippen LogP contribution in [0.3, 0.4) is 0 Å². The van der Waals surface area contributed by atoms with Crippen LogP contribution in [0.2, 0.25) is 10.0 Å². The van der Waals surface area contributed by atoms with Crippen LogP contribution in [0.5, 0.6) is 0 Å². The molecule has 2 heterocycles. The number of hydrogen-bond acceptors (Lipinski definition) is 3. The third kappa shape index (κ3) is 2.53. The average molecular weight is 271 g/mol. The Hall–Kier alpha value is -1.26. The minimum absolute atomic E-state index is 0.507. The first kappa shape index (κ1) is 12.2. The molecule has 17 heavy (non-hydrogen) atoms. The average Bonchev–Trinajstić information content (AvgIpc) is 2.64. The first-order valence-corrected chi connectivity index (χ1v) is 5.88. The van der Waals surface area contributed by atoms with Crippen molar-refractivity contribution in [3.63, 3.8) is 0 Å². The van der Waals surface area contributed by atoms with Gasteiger partial charge < -0.3 is 5.32 Å². The maximum absolute atomic E-state index is 6.10. The molecule has 90 valence electrons. The Labute approximate surface area is 110 Å². The lowest BCUT2D eigenvalue weighted by atomic mass is 10.3. The van der Waals surface area contributed by atoms with E-state index in [9.17, 15) is 0 Å². The number of hydrogen-bond donors (Lipinski definition) is 1. The van der Waals surface area contributed by atoms with Gasteiger partial charge in [-0.3, -0.25) is 4.68 Å². The minimum Gasteiger partial charge on any atom is -0.373 e. The highest BCUT2D eigenvalue weighted by Crippen LogP contribution is 2.20. The Bertz CT molecular complexity index is 536. The Balaban J connectivity index is 2.32. The summed E-state index contributed by atoms with van der Waals surface area (Å²) in [4.78, 5) is 4.39. The van der Waals surface area contributed by atoms with Gasteiger partial charge in [-0.1, -0.05) is 23.2 Å². The molecule has 2 aromatic rings. The third-order valence-corrected chi connectivity index (χ3v) is 3.23. The van der Waals surface area contributed by atoms with E-state index in [0.29, 0.717) is 16.6 Å². The lowest BCUT2D eigenvalue weighted by Gasteiger charge is -2.08. The number of pyridine rings is 1. The molecule has 0 saturated heterocycles. The quantitative estimate of drug-likeness (QED) is 0.933. The van der Waals surface area contributed by atoms with Gasteiger partial charge in [0.1, 0.15) is 5.82 Å². The summed E-state index contributed by atoms with van der Waals surface area (Å²) in [6, 6.07) is 3.64. The van der Waals surface area contributed by atoms with Crippen LogP contribution in [0.1, 0.15) is 11.4 Å². The fourth-order valence-electron chi connectivity index (χ4n) is 1.46. The van der Waals surface area contributed by atoms with Crippen molar-refractivity contribution >= 4 is 29.0 Å². The first-order chi connectivity index (χ1) is 8.11. The summed E-state index contributed by atoms with van der Waals surface area (Å²) in [6.45, 7) is 2.41. The van der Waals surface area contributed by atoms with E-state index in [1.165, 1.54) is 0 Å². The molecule has 2 aromatic heterocycles. The SMILES string of the molecule is CNc1ccc(Cl)c(Cn2ncc(Cl)c2C)n1. The predicted octanol–water partition coefficient (Wildman–Crippen LogP) is 2.98. The van der Waals surface area contributed by atoms with Gasteiger partial charge in [-0.25, -0.2) is 4.98 Å². The smallest absolute Gasteiger partial charge is 0.126 e. The highest BCUT2D eigenvalue weighted by molar-refractivity contribution is 6.31. The number of aromatic nitrogens is 3. The van der Waals surface area contributed by atoms with Crippen LogP contribution in [0.15, 0.2) is 18.3 Å². The summed E-state index contributed by atoms with van der Waals surface area (Å²) in [7, 11) is 1.82. The fourth-order valence-corrected chi connectivity index (χ4v) is 1.77. The van der Waals surface area contributed by atoms with Crippen LogP contribution in [0, 0.1) is 6.92 Å². The zero-order valence-corrected chi connectivity index (χ0v) is 11.0. The normalized spacial score (nSPS) is 10.6. The van der Waals surface area contributed by atoms with Crippen LogP contribution in [0.4, 0.5) is 5.82 Å². The van der Waals surface area contributed by atoms with Crippen LogP contribution >= 0.6 is 23.2 Å². The van der Waals surface area contributed by atoms with E-state index in [2.05, 4.69) is 15.4 Å². The molecule has 0 radical (unpaired) electrons. The fraction of sp³-hybridized carbons (Fsp3) is 0.273. The highest BCUT2D eigenvalue weighted by atomic mass is 35.5. The van der Waals surface area contributed by atoms with Gasteiger partial charge in [-0.05, 0) is 19.1 Å². The lowest BCUT2D eigenvalue weighted by molar-refractivity contribution is 0.653. The van der Waals surface area contributed by atoms with Crippen molar-refractivity contribution in [2.24, 2.45) is 0 Å². The van der Waals surface area contributed by atoms with Crippen molar-refractivity contribution in [3.05, 3.63) is 39.8 Å². The molecule has 0 fully saturated rings. The summed E-state index contributed by atoms with van der Waals surface area (Å²) in [5, 5.41) is 8.41. The van der Waals surface area contributed by atoms with Gasteiger partial charge in [0.15, 0.2) is 0 Å². The number of rotatable bonds is 3. The summed E-state index contributed by atoms with van der Waals surface area (Å²) < 4.78 is 1.77. The Kier molecular flexibility index (Phi) is 3.54. The van der Waals surface area contributed by atoms with Crippen LogP contribution in [0.25, 0.3) is 0 Å². The highest BCUT2D eigenvalue weighted by Gasteiger charge is 2.08. The van der Waals surface area contributed by atoms with Crippen molar-refractivity contribution in [1.82, 2.24) is 14.8 Å². The number of nitrogens with zero attached hydrogens (tertiary/aromatic N) is 3. The monoisotopic (exact) mass is 270 g/mol. The molecule has 0 aliphatic carbocycles. The van der Waals surface area contributed by atoms with E-state index in [-0.39, 0.29) is 0 Å². The van der Waals surface area contributed by atoms with Crippen molar-refractivity contribution in [2.45, 2.75) is 13.5 Å². The summed E-state index contributed by atoms with van der Waals surface area (Å²) in [6.07, 6.45) is 1.62. The zero-order valence-electron chi connectivity index (χ0n) is 9.54. The molecule has 0 aliphatic rings. The van der Waals surface area contributed by atoms with E-state index in [1.54, 1.807) is 10.9 Å². The second-order valence-corrected chi connectivity index (χ2v) is 4.42. The summed E-state index contributed by atoms with van der Waals surface area (Å²) in [5.74, 6) is 0.778. The maximum Gasteiger partial charge on any atom is 0.126 e. The molecular weight excluding hydrogens is 259 g/mol. The van der Waals surface area contributed by atoms with Gasteiger partial charge in [0.05, 0.1) is 34.2 Å². The van der Waals surface area contributed by atoms with Crippen LogP contribution < -0.4 is 5.32 Å². The van der Waals surface area contributed by atoms with Crippen molar-refractivity contribution in [2.75, 3.05) is 12.4 Å². The van der Waals surface area contributed by atoms with E-state index in [1.807, 2.05) is 26.1 Å². The summed E-state index contributed by atoms with van der Waals surface area (Å²) in [5.41, 5.74) is 1.67. The van der Waals surface area contributed by atoms with Crippen molar-refractivity contribution in [3.8, 4) is 0 Å². The van der Waals surface area contributed by atoms with E-state index in [4.69, 9.17) is 23.2 Å². The third-order valence-electron chi connectivity index (χ3n) is 2.52. The second kappa shape index (κ2) is 4.94. The summed E-state index contributed by atoms with van der Waals surface area (Å²) >= 11 is 12.0. The van der Waals surface area contributed by atoms with Gasteiger partial charge in [0, 0.05) is 7.05 Å². The number of halogens is 2. The molecule has 0 aromatic carbocycles. The minimum atomic E-state index is 0.507. The maximum atomic E-state index is 6.10. The molecular formula is C11H12Cl2N4. The van der Waals surface area contributed by atoms with Crippen LogP contribution in [-0.4, -0.2) is 21.8 Å². The predicted molar refractivity (Wildman–Crippen MR) is 69.9 cm³/mol. The number of nitrogens with one attached hydrogen (secondary N) is 1. The van der Waals surface area contributed by atoms with Gasteiger partial charge in [0.2, 0.25) is 0 Å². The van der Waals surface area contributed by atoms with Gasteiger partial charge in [-0.15, -0.1) is 0 Å². The molecule has 0 aliphatic heterocycles. The van der Waals surface area contributed by atoms with Crippen molar-refractivity contribution in [1.29, 1.82) is 0 Å². The zero-order chi connectivity index (χ0) is 12.4.